The molecule has 0 aliphatic rings. The highest BCUT2D eigenvalue weighted by atomic mass is 19.1. The van der Waals surface area contributed by atoms with Gasteiger partial charge in [-0.2, -0.15) is 0 Å². The summed E-state index contributed by atoms with van der Waals surface area (Å²) in [4.78, 5) is 24.4. The van der Waals surface area contributed by atoms with E-state index in [4.69, 9.17) is 24.9 Å². The van der Waals surface area contributed by atoms with E-state index < -0.39 is 23.3 Å². The van der Waals surface area contributed by atoms with Crippen molar-refractivity contribution in [3.05, 3.63) is 187 Å². The van der Waals surface area contributed by atoms with Crippen LogP contribution in [-0.4, -0.2) is 34.1 Å². The van der Waals surface area contributed by atoms with Crippen LogP contribution in [0.25, 0.3) is 90.4 Å². The third kappa shape index (κ3) is 6.34. The molecule has 0 bridgehead atoms. The Balaban J connectivity index is 1.14. The molecule has 0 amide bonds. The van der Waals surface area contributed by atoms with E-state index in [1.54, 1.807) is 0 Å². The van der Waals surface area contributed by atoms with Crippen molar-refractivity contribution in [3.8, 4) is 68.3 Å². The summed E-state index contributed by atoms with van der Waals surface area (Å²) in [5.74, 6) is -0.925. The molecule has 0 aliphatic heterocycles. The summed E-state index contributed by atoms with van der Waals surface area (Å²) in [6, 6.07) is 46.3. The summed E-state index contributed by atoms with van der Waals surface area (Å²) in [5.41, 5.74) is 6.76. The van der Waals surface area contributed by atoms with E-state index in [1.807, 2.05) is 137 Å². The quantitative estimate of drug-likeness (QED) is 0.151. The first-order chi connectivity index (χ1) is 28.3. The molecule has 10 aromatic rings. The number of rotatable bonds is 7. The van der Waals surface area contributed by atoms with Gasteiger partial charge in [0, 0.05) is 51.3 Å². The van der Waals surface area contributed by atoms with Crippen molar-refractivity contribution in [3.63, 3.8) is 0 Å². The van der Waals surface area contributed by atoms with Crippen LogP contribution >= 0.6 is 0 Å². The average Bonchev–Trinajstić information content (AvgIpc) is 3.83. The van der Waals surface area contributed by atoms with E-state index in [-0.39, 0.29) is 11.1 Å². The number of hydrogen-bond acceptors (Lipinski definition) is 5. The first-order valence-electron chi connectivity index (χ1n) is 18.3. The van der Waals surface area contributed by atoms with Gasteiger partial charge in [-0.25, -0.2) is 42.5 Å². The van der Waals surface area contributed by atoms with Crippen molar-refractivity contribution in [2.75, 3.05) is 0 Å². The van der Waals surface area contributed by atoms with Crippen LogP contribution in [0, 0.1) is 23.3 Å². The number of nitrogens with zero attached hydrogens (tertiary/aromatic N) is 7. The van der Waals surface area contributed by atoms with Crippen LogP contribution in [-0.2, 0) is 0 Å². The molecule has 278 valence electrons. The Morgan fingerprint density at radius 3 is 1.14 bits per heavy atom. The summed E-state index contributed by atoms with van der Waals surface area (Å²) < 4.78 is 61.8. The monoisotopic (exact) mass is 765 g/mol. The molecule has 0 unspecified atom stereocenters. The number of halogens is 4. The summed E-state index contributed by atoms with van der Waals surface area (Å²) in [6.07, 6.45) is 0. The van der Waals surface area contributed by atoms with Crippen LogP contribution in [0.3, 0.4) is 0 Å². The molecule has 0 fully saturated rings. The van der Waals surface area contributed by atoms with Crippen molar-refractivity contribution < 1.29 is 17.6 Å². The maximum Gasteiger partial charge on any atom is 0.164 e. The molecule has 10 rings (SSSR count). The van der Waals surface area contributed by atoms with Crippen molar-refractivity contribution >= 4 is 22.1 Å². The van der Waals surface area contributed by atoms with Gasteiger partial charge in [0.1, 0.15) is 34.9 Å². The average molecular weight is 766 g/mol. The molecule has 0 radical (unpaired) electrons. The Labute approximate surface area is 328 Å². The molecule has 0 N–H and O–H groups in total. The van der Waals surface area contributed by atoms with Gasteiger partial charge in [-0.3, -0.25) is 9.13 Å². The Bertz CT molecular complexity index is 2960. The molecular weight excluding hydrogens is 739 g/mol. The van der Waals surface area contributed by atoms with Crippen LogP contribution in [0.4, 0.5) is 17.6 Å². The topological polar surface area (TPSA) is 74.3 Å². The Morgan fingerprint density at radius 2 is 0.690 bits per heavy atom. The van der Waals surface area contributed by atoms with Gasteiger partial charge < -0.3 is 0 Å². The predicted octanol–water partition coefficient (Wildman–Crippen LogP) is 11.4. The fraction of sp³-hybridized carbons (Fsp3) is 0. The second-order valence-electron chi connectivity index (χ2n) is 13.6. The van der Waals surface area contributed by atoms with Crippen molar-refractivity contribution in [1.82, 2.24) is 34.1 Å². The van der Waals surface area contributed by atoms with E-state index in [0.29, 0.717) is 62.7 Å². The molecule has 3 heterocycles. The van der Waals surface area contributed by atoms with Gasteiger partial charge in [0.05, 0.1) is 22.1 Å². The molecule has 0 atom stereocenters. The van der Waals surface area contributed by atoms with Crippen LogP contribution in [0.15, 0.2) is 164 Å². The van der Waals surface area contributed by atoms with Gasteiger partial charge in [0.25, 0.3) is 0 Å². The molecule has 7 nitrogen and oxygen atoms in total. The summed E-state index contributed by atoms with van der Waals surface area (Å²) in [7, 11) is 0. The van der Waals surface area contributed by atoms with Gasteiger partial charge in [-0.05, 0) is 72.8 Å². The van der Waals surface area contributed by atoms with Crippen LogP contribution in [0.2, 0.25) is 0 Å². The summed E-state index contributed by atoms with van der Waals surface area (Å²) in [5, 5.41) is 0. The zero-order valence-corrected chi connectivity index (χ0v) is 30.2. The minimum atomic E-state index is -0.710. The lowest BCUT2D eigenvalue weighted by Gasteiger charge is -2.13. The summed E-state index contributed by atoms with van der Waals surface area (Å²) >= 11 is 0. The van der Waals surface area contributed by atoms with Crippen LogP contribution in [0.1, 0.15) is 0 Å². The molecule has 58 heavy (non-hydrogen) atoms. The van der Waals surface area contributed by atoms with Gasteiger partial charge in [0.2, 0.25) is 0 Å². The van der Waals surface area contributed by atoms with Crippen molar-refractivity contribution in [1.29, 1.82) is 0 Å². The van der Waals surface area contributed by atoms with Gasteiger partial charge >= 0.3 is 0 Å². The number of aromatic nitrogens is 7. The Kier molecular flexibility index (Phi) is 8.40. The lowest BCUT2D eigenvalue weighted by Crippen LogP contribution is -2.03. The highest BCUT2D eigenvalue weighted by molar-refractivity contribution is 5.85. The first-order valence-corrected chi connectivity index (χ1v) is 18.3. The zero-order valence-electron chi connectivity index (χ0n) is 30.2. The molecular formula is C47H27F4N7. The van der Waals surface area contributed by atoms with E-state index in [2.05, 4.69) is 0 Å². The number of hydrogen-bond donors (Lipinski definition) is 0. The fourth-order valence-electron chi connectivity index (χ4n) is 7.25. The van der Waals surface area contributed by atoms with E-state index in [0.717, 1.165) is 28.7 Å². The van der Waals surface area contributed by atoms with Gasteiger partial charge in [-0.15, -0.1) is 0 Å². The number of para-hydroxylation sites is 4. The maximum atomic E-state index is 14.5. The third-order valence-corrected chi connectivity index (χ3v) is 9.76. The minimum absolute atomic E-state index is 0.282. The highest BCUT2D eigenvalue weighted by Crippen LogP contribution is 2.34. The van der Waals surface area contributed by atoms with E-state index in [1.165, 1.54) is 24.3 Å². The maximum absolute atomic E-state index is 14.5. The van der Waals surface area contributed by atoms with E-state index in [9.17, 15) is 17.6 Å². The smallest absolute Gasteiger partial charge is 0.164 e. The van der Waals surface area contributed by atoms with Crippen LogP contribution < -0.4 is 0 Å². The molecule has 11 heteroatoms. The van der Waals surface area contributed by atoms with Crippen molar-refractivity contribution in [2.24, 2.45) is 0 Å². The molecule has 0 saturated heterocycles. The normalized spacial score (nSPS) is 11.4. The Hall–Kier alpha value is -7.79. The highest BCUT2D eigenvalue weighted by Gasteiger charge is 2.20. The SMILES string of the molecule is Fc1cc(F)cc(-c2nc3ccccc3n2-c2cccc(-c3nc(-c4ccccc4)nc(-c4cccc(-n5c(-c6cc(F)cc(F)c6)nc6ccccc65)c4)n3)c2)c1. The fourth-order valence-corrected chi connectivity index (χ4v) is 7.25. The zero-order chi connectivity index (χ0) is 39.3. The van der Waals surface area contributed by atoms with E-state index >= 15 is 0 Å². The minimum Gasteiger partial charge on any atom is -0.292 e. The van der Waals surface area contributed by atoms with Gasteiger partial charge in [0.15, 0.2) is 17.5 Å². The van der Waals surface area contributed by atoms with Crippen molar-refractivity contribution in [2.45, 2.75) is 0 Å². The second-order valence-corrected chi connectivity index (χ2v) is 13.6. The number of benzene rings is 7. The lowest BCUT2D eigenvalue weighted by atomic mass is 10.1. The lowest BCUT2D eigenvalue weighted by molar-refractivity contribution is 0.583. The largest absolute Gasteiger partial charge is 0.292 e. The second kappa shape index (κ2) is 14.1. The molecule has 0 spiro atoms. The molecule has 3 aromatic heterocycles. The molecule has 0 aliphatic carbocycles. The molecule has 0 saturated carbocycles. The summed E-state index contributed by atoms with van der Waals surface area (Å²) in [6.45, 7) is 0. The molecule has 7 aromatic carbocycles. The third-order valence-electron chi connectivity index (χ3n) is 9.76. The predicted molar refractivity (Wildman–Crippen MR) is 216 cm³/mol. The standard InChI is InChI=1S/C47H27F4N7/c48-33-20-31(21-34(49)26-33)46-52-39-16-4-6-18-41(39)57(46)37-14-8-12-29(24-37)44-54-43(28-10-2-1-3-11-28)55-45(56-44)30-13-9-15-38(25-30)58-42-19-7-5-17-40(42)53-47(58)32-22-35(50)27-36(51)23-32/h1-27H. The van der Waals surface area contributed by atoms with Gasteiger partial charge in [-0.1, -0.05) is 78.9 Å². The van der Waals surface area contributed by atoms with Crippen LogP contribution in [0.5, 0.6) is 0 Å². The number of fused-ring (bicyclic) bond motifs is 2. The number of imidazole rings is 2. The first kappa shape index (κ1) is 34.7. The Morgan fingerprint density at radius 1 is 0.310 bits per heavy atom.